The van der Waals surface area contributed by atoms with Crippen LogP contribution in [0.25, 0.3) is 0 Å². The van der Waals surface area contributed by atoms with Crippen molar-refractivity contribution in [1.29, 1.82) is 0 Å². The molecule has 0 aromatic heterocycles. The van der Waals surface area contributed by atoms with Crippen LogP contribution < -0.4 is 0 Å². The van der Waals surface area contributed by atoms with Crippen LogP contribution in [0, 0.1) is 0 Å². The Morgan fingerprint density at radius 2 is 1.08 bits per heavy atom. The summed E-state index contributed by atoms with van der Waals surface area (Å²) in [4.78, 5) is 18.7. The Bertz CT molecular complexity index is 111. The van der Waals surface area contributed by atoms with Gasteiger partial charge in [-0.1, -0.05) is 13.8 Å². The number of hydrogen-bond donors (Lipinski definition) is 2. The number of rotatable bonds is 2. The van der Waals surface area contributed by atoms with Crippen molar-refractivity contribution in [2.24, 2.45) is 0 Å². The normalized spacial score (nSPS) is 6.42. The van der Waals surface area contributed by atoms with Crippen molar-refractivity contribution in [2.75, 3.05) is 0 Å². The van der Waals surface area contributed by atoms with Gasteiger partial charge in [0.2, 0.25) is 0 Å². The van der Waals surface area contributed by atoms with Crippen molar-refractivity contribution in [3.05, 3.63) is 0 Å². The number of carboxylic acid groups (broad SMARTS) is 2. The fraction of sp³-hybridized carbons (Fsp3) is 0.667. The molecule has 0 spiro atoms. The second-order valence-electron chi connectivity index (χ2n) is 1.49. The number of carboxylic acids is 2. The fourth-order valence-corrected chi connectivity index (χ4v) is 0. The van der Waals surface area contributed by atoms with Crippen LogP contribution in [0.2, 0.25) is 0 Å². The molecule has 0 aromatic rings. The molecule has 0 bridgehead atoms. The van der Waals surface area contributed by atoms with E-state index in [4.69, 9.17) is 13.5 Å². The van der Waals surface area contributed by atoms with Crippen LogP contribution in [0.5, 0.6) is 0 Å². The molecule has 70 valence electrons. The average molecular weight is 212 g/mol. The molecule has 0 unspecified atom stereocenters. The minimum absolute atomic E-state index is 0.222. The predicted octanol–water partition coefficient (Wildman–Crippen LogP) is 0.841. The van der Waals surface area contributed by atoms with Crippen LogP contribution >= 0.6 is 0 Å². The Kier molecular flexibility index (Phi) is 24.5. The van der Waals surface area contributed by atoms with Gasteiger partial charge < -0.3 is 10.2 Å². The first-order valence-corrected chi connectivity index (χ1v) is 3.82. The summed E-state index contributed by atoms with van der Waals surface area (Å²) in [6, 6.07) is 0. The van der Waals surface area contributed by atoms with E-state index in [0.717, 1.165) is 20.4 Å². The van der Waals surface area contributed by atoms with Crippen molar-refractivity contribution in [3.63, 3.8) is 0 Å². The Morgan fingerprint density at radius 3 is 1.08 bits per heavy atom. The van der Waals surface area contributed by atoms with Crippen LogP contribution in [0.4, 0.5) is 0 Å². The summed E-state index contributed by atoms with van der Waals surface area (Å²) in [5.74, 6) is -1.49. The minimum atomic E-state index is -0.745. The third-order valence-corrected chi connectivity index (χ3v) is 0.605. The Labute approximate surface area is 82.5 Å². The van der Waals surface area contributed by atoms with E-state index in [1.54, 1.807) is 13.8 Å². The quantitative estimate of drug-likeness (QED) is 0.661. The van der Waals surface area contributed by atoms with Crippen molar-refractivity contribution >= 4 is 11.9 Å². The average Bonchev–Trinajstić information content (AvgIpc) is 2.09. The summed E-state index contributed by atoms with van der Waals surface area (Å²) < 4.78 is 8.25. The molecular weight excluding hydrogens is 200 g/mol. The zero-order valence-electron chi connectivity index (χ0n) is 7.03. The summed E-state index contributed by atoms with van der Waals surface area (Å²) in [5.41, 5.74) is 0. The third-order valence-electron chi connectivity index (χ3n) is 0.605. The van der Waals surface area contributed by atoms with E-state index >= 15 is 0 Å². The zero-order chi connectivity index (χ0) is 10.6. The molecule has 0 fully saturated rings. The van der Waals surface area contributed by atoms with Gasteiger partial charge in [0.25, 0.3) is 0 Å². The molecule has 0 radical (unpaired) electrons. The summed E-state index contributed by atoms with van der Waals surface area (Å²) >= 11 is 0.750. The van der Waals surface area contributed by atoms with E-state index in [2.05, 4.69) is 0 Å². The molecule has 0 amide bonds. The van der Waals surface area contributed by atoms with Crippen molar-refractivity contribution in [1.82, 2.24) is 0 Å². The Morgan fingerprint density at radius 1 is 1.00 bits per heavy atom. The predicted molar refractivity (Wildman–Crippen MR) is 36.5 cm³/mol. The first-order valence-electron chi connectivity index (χ1n) is 3.18. The Balaban J connectivity index is -0.000000112. The summed E-state index contributed by atoms with van der Waals surface area (Å²) in [6.45, 7) is 3.20. The van der Waals surface area contributed by atoms with Crippen LogP contribution in [-0.2, 0) is 33.3 Å². The molecule has 6 heteroatoms. The molecule has 0 rings (SSSR count). The van der Waals surface area contributed by atoms with E-state index in [9.17, 15) is 9.59 Å². The van der Waals surface area contributed by atoms with E-state index < -0.39 is 11.9 Å². The topological polar surface area (TPSA) is 91.7 Å². The van der Waals surface area contributed by atoms with E-state index in [-0.39, 0.29) is 12.8 Å². The molecule has 2 N–H and O–H groups in total. The van der Waals surface area contributed by atoms with Crippen LogP contribution in [0.3, 0.4) is 0 Å². The number of carbonyl (C=O) groups is 2. The molecule has 0 aliphatic heterocycles. The van der Waals surface area contributed by atoms with Gasteiger partial charge in [-0.05, 0) is 0 Å². The number of hydrogen-bond acceptors (Lipinski definition) is 3. The van der Waals surface area contributed by atoms with Crippen molar-refractivity contribution < 1.29 is 43.5 Å². The molecule has 0 aliphatic carbocycles. The van der Waals surface area contributed by atoms with Gasteiger partial charge in [0.15, 0.2) is 0 Å². The van der Waals surface area contributed by atoms with Gasteiger partial charge in [-0.15, -0.1) is 0 Å². The third kappa shape index (κ3) is 56.6. The van der Waals surface area contributed by atoms with Gasteiger partial charge in [-0.2, -0.15) is 0 Å². The summed E-state index contributed by atoms with van der Waals surface area (Å²) in [7, 11) is 0. The second kappa shape index (κ2) is 16.8. The maximum absolute atomic E-state index is 9.37. The molecule has 0 saturated heterocycles. The monoisotopic (exact) mass is 212 g/mol. The molecule has 12 heavy (non-hydrogen) atoms. The van der Waals surface area contributed by atoms with Gasteiger partial charge in [0.05, 0.1) is 0 Å². The molecule has 5 nitrogen and oxygen atoms in total. The molecule has 0 aromatic carbocycles. The van der Waals surface area contributed by atoms with Gasteiger partial charge in [0.1, 0.15) is 0 Å². The van der Waals surface area contributed by atoms with Crippen molar-refractivity contribution in [2.45, 2.75) is 26.7 Å². The van der Waals surface area contributed by atoms with E-state index in [1.807, 2.05) is 0 Å². The van der Waals surface area contributed by atoms with Gasteiger partial charge in [-0.3, -0.25) is 9.59 Å². The molecule has 0 aliphatic rings. The van der Waals surface area contributed by atoms with Crippen LogP contribution in [0.15, 0.2) is 0 Å². The van der Waals surface area contributed by atoms with Crippen molar-refractivity contribution in [3.8, 4) is 0 Å². The van der Waals surface area contributed by atoms with Crippen LogP contribution in [0.1, 0.15) is 26.7 Å². The standard InChI is InChI=1S/2C3H6O2.O.Ti/c2*1-2-3(4)5;;/h2*2H2,1H3,(H,4,5);;. The second-order valence-corrected chi connectivity index (χ2v) is 1.49. The molecule has 0 atom stereocenters. The molecular formula is C6H12O5Ti. The first kappa shape index (κ1) is 17.5. The molecule has 0 heterocycles. The summed E-state index contributed by atoms with van der Waals surface area (Å²) in [5, 5.41) is 15.4. The summed E-state index contributed by atoms with van der Waals surface area (Å²) in [6.07, 6.45) is 0.444. The van der Waals surface area contributed by atoms with Gasteiger partial charge >= 0.3 is 35.7 Å². The first-order chi connectivity index (χ1) is 5.54. The Hall–Kier alpha value is -0.546. The maximum atomic E-state index is 9.37. The SMILES string of the molecule is CCC(=O)O.CCC(=O)O.[O]=[Ti]. The van der Waals surface area contributed by atoms with E-state index in [1.165, 1.54) is 0 Å². The zero-order valence-corrected chi connectivity index (χ0v) is 8.59. The van der Waals surface area contributed by atoms with E-state index in [0.29, 0.717) is 0 Å². The van der Waals surface area contributed by atoms with Gasteiger partial charge in [0, 0.05) is 12.8 Å². The number of aliphatic carboxylic acids is 2. The fourth-order valence-electron chi connectivity index (χ4n) is 0. The van der Waals surface area contributed by atoms with Gasteiger partial charge in [-0.25, -0.2) is 0 Å². The van der Waals surface area contributed by atoms with Crippen LogP contribution in [-0.4, -0.2) is 22.2 Å². The molecule has 0 saturated carbocycles.